The third kappa shape index (κ3) is 4.90. The van der Waals surface area contributed by atoms with E-state index in [1.165, 1.54) is 16.9 Å². The summed E-state index contributed by atoms with van der Waals surface area (Å²) < 4.78 is 9.10. The standard InChI is InChI=1S/C22H25BrN2O3S/c1-13(2)25-17-8-7-15(11-19(17)29-21(25)27)24-20(26)12-28-18-9-6-14(10-16(18)23)22(3,4)5/h6-11,13H,12H2,1-5H3,(H,24,26). The van der Waals surface area contributed by atoms with Crippen molar-refractivity contribution in [3.63, 3.8) is 0 Å². The van der Waals surface area contributed by atoms with E-state index in [-0.39, 0.29) is 28.8 Å². The van der Waals surface area contributed by atoms with E-state index in [0.717, 1.165) is 14.7 Å². The Labute approximate surface area is 182 Å². The average Bonchev–Trinajstić information content (AvgIpc) is 2.94. The first-order valence-corrected chi connectivity index (χ1v) is 11.0. The minimum absolute atomic E-state index is 0.00497. The molecule has 3 aromatic rings. The normalized spacial score (nSPS) is 11.8. The van der Waals surface area contributed by atoms with Crippen molar-refractivity contribution >= 4 is 49.1 Å². The highest BCUT2D eigenvalue weighted by molar-refractivity contribution is 9.10. The number of hydrogen-bond donors (Lipinski definition) is 1. The van der Waals surface area contributed by atoms with Crippen LogP contribution in [0, 0.1) is 0 Å². The van der Waals surface area contributed by atoms with Crippen LogP contribution >= 0.6 is 27.3 Å². The number of nitrogens with zero attached hydrogens (tertiary/aromatic N) is 1. The van der Waals surface area contributed by atoms with Crippen LogP contribution in [0.25, 0.3) is 10.2 Å². The molecule has 1 heterocycles. The van der Waals surface area contributed by atoms with E-state index in [4.69, 9.17) is 4.74 Å². The first-order valence-electron chi connectivity index (χ1n) is 9.44. The van der Waals surface area contributed by atoms with Gasteiger partial charge in [0.25, 0.3) is 5.91 Å². The number of carbonyl (C=O) groups is 1. The van der Waals surface area contributed by atoms with Crippen LogP contribution in [0.5, 0.6) is 5.75 Å². The van der Waals surface area contributed by atoms with Crippen molar-refractivity contribution < 1.29 is 9.53 Å². The Bertz CT molecular complexity index is 1110. The van der Waals surface area contributed by atoms with Gasteiger partial charge >= 0.3 is 4.87 Å². The Hall–Kier alpha value is -2.12. The number of anilines is 1. The Morgan fingerprint density at radius 2 is 1.93 bits per heavy atom. The molecule has 2 aromatic carbocycles. The van der Waals surface area contributed by atoms with Gasteiger partial charge in [0.05, 0.1) is 14.7 Å². The van der Waals surface area contributed by atoms with Crippen molar-refractivity contribution in [2.75, 3.05) is 11.9 Å². The van der Waals surface area contributed by atoms with Crippen LogP contribution in [-0.2, 0) is 10.2 Å². The lowest BCUT2D eigenvalue weighted by atomic mass is 9.87. The van der Waals surface area contributed by atoms with E-state index in [1.54, 1.807) is 10.6 Å². The molecule has 1 aromatic heterocycles. The Morgan fingerprint density at radius 1 is 1.21 bits per heavy atom. The number of rotatable bonds is 5. The minimum atomic E-state index is -0.258. The fourth-order valence-electron chi connectivity index (χ4n) is 3.03. The zero-order valence-electron chi connectivity index (χ0n) is 17.2. The first kappa shape index (κ1) is 21.6. The van der Waals surface area contributed by atoms with E-state index in [1.807, 2.05) is 44.2 Å². The van der Waals surface area contributed by atoms with Crippen molar-refractivity contribution in [2.24, 2.45) is 0 Å². The van der Waals surface area contributed by atoms with E-state index >= 15 is 0 Å². The number of nitrogens with one attached hydrogen (secondary N) is 1. The monoisotopic (exact) mass is 476 g/mol. The van der Waals surface area contributed by atoms with Gasteiger partial charge in [0.1, 0.15) is 5.75 Å². The molecule has 0 spiro atoms. The molecule has 0 bridgehead atoms. The summed E-state index contributed by atoms with van der Waals surface area (Å²) in [5.41, 5.74) is 2.75. The zero-order chi connectivity index (χ0) is 21.3. The highest BCUT2D eigenvalue weighted by Crippen LogP contribution is 2.31. The van der Waals surface area contributed by atoms with Crippen LogP contribution in [0.2, 0.25) is 0 Å². The predicted molar refractivity (Wildman–Crippen MR) is 123 cm³/mol. The third-order valence-corrected chi connectivity index (χ3v) is 6.11. The van der Waals surface area contributed by atoms with Crippen molar-refractivity contribution in [1.29, 1.82) is 0 Å². The number of halogens is 1. The second-order valence-corrected chi connectivity index (χ2v) is 10.1. The number of carbonyl (C=O) groups excluding carboxylic acids is 1. The first-order chi connectivity index (χ1) is 13.6. The molecule has 0 aliphatic carbocycles. The maximum Gasteiger partial charge on any atom is 0.308 e. The highest BCUT2D eigenvalue weighted by atomic mass is 79.9. The molecular formula is C22H25BrN2O3S. The molecular weight excluding hydrogens is 452 g/mol. The fourth-order valence-corrected chi connectivity index (χ4v) is 4.57. The molecule has 0 saturated carbocycles. The summed E-state index contributed by atoms with van der Waals surface area (Å²) in [7, 11) is 0. The molecule has 0 saturated heterocycles. The van der Waals surface area contributed by atoms with Crippen molar-refractivity contribution in [2.45, 2.75) is 46.1 Å². The highest BCUT2D eigenvalue weighted by Gasteiger charge is 2.16. The summed E-state index contributed by atoms with van der Waals surface area (Å²) in [4.78, 5) is 24.5. The topological polar surface area (TPSA) is 60.3 Å². The van der Waals surface area contributed by atoms with Gasteiger partial charge < -0.3 is 10.1 Å². The van der Waals surface area contributed by atoms with Crippen LogP contribution in [0.15, 0.2) is 45.7 Å². The summed E-state index contributed by atoms with van der Waals surface area (Å²) in [6.45, 7) is 10.3. The lowest BCUT2D eigenvalue weighted by Crippen LogP contribution is -2.20. The maximum atomic E-state index is 12.3. The molecule has 0 radical (unpaired) electrons. The number of ether oxygens (including phenoxy) is 1. The number of amides is 1. The largest absolute Gasteiger partial charge is 0.483 e. The van der Waals surface area contributed by atoms with Crippen LogP contribution < -0.4 is 14.9 Å². The van der Waals surface area contributed by atoms with E-state index in [2.05, 4.69) is 42.0 Å². The molecule has 1 amide bonds. The van der Waals surface area contributed by atoms with E-state index in [9.17, 15) is 9.59 Å². The molecule has 0 aliphatic rings. The maximum absolute atomic E-state index is 12.3. The number of fused-ring (bicyclic) bond motifs is 1. The summed E-state index contributed by atoms with van der Waals surface area (Å²) in [5, 5.41) is 2.83. The smallest absolute Gasteiger partial charge is 0.308 e. The van der Waals surface area contributed by atoms with E-state index < -0.39 is 0 Å². The second kappa shape index (κ2) is 8.32. The molecule has 154 valence electrons. The van der Waals surface area contributed by atoms with Gasteiger partial charge in [-0.05, 0) is 71.1 Å². The van der Waals surface area contributed by atoms with Crippen LogP contribution in [0.3, 0.4) is 0 Å². The van der Waals surface area contributed by atoms with Crippen molar-refractivity contribution in [3.05, 3.63) is 56.1 Å². The molecule has 29 heavy (non-hydrogen) atoms. The average molecular weight is 477 g/mol. The molecule has 7 heteroatoms. The van der Waals surface area contributed by atoms with Crippen LogP contribution in [-0.4, -0.2) is 17.1 Å². The molecule has 0 aliphatic heterocycles. The number of hydrogen-bond acceptors (Lipinski definition) is 4. The number of benzene rings is 2. The molecule has 3 rings (SSSR count). The van der Waals surface area contributed by atoms with Gasteiger partial charge in [-0.1, -0.05) is 38.2 Å². The van der Waals surface area contributed by atoms with Crippen LogP contribution in [0.4, 0.5) is 5.69 Å². The molecule has 1 N–H and O–H groups in total. The molecule has 0 atom stereocenters. The summed E-state index contributed by atoms with van der Waals surface area (Å²) in [6, 6.07) is 11.5. The quantitative estimate of drug-likeness (QED) is 0.511. The molecule has 0 unspecified atom stereocenters. The minimum Gasteiger partial charge on any atom is -0.483 e. The summed E-state index contributed by atoms with van der Waals surface area (Å²) in [5.74, 6) is 0.364. The SMILES string of the molecule is CC(C)n1c(=O)sc2cc(NC(=O)COc3ccc(C(C)(C)C)cc3Br)ccc21. The Kier molecular flexibility index (Phi) is 6.19. The van der Waals surface area contributed by atoms with Crippen LogP contribution in [0.1, 0.15) is 46.2 Å². The van der Waals surface area contributed by atoms with Gasteiger partial charge in [-0.25, -0.2) is 0 Å². The van der Waals surface area contributed by atoms with Gasteiger partial charge in [-0.15, -0.1) is 0 Å². The number of aromatic nitrogens is 1. The third-order valence-electron chi connectivity index (χ3n) is 4.57. The lowest BCUT2D eigenvalue weighted by Gasteiger charge is -2.20. The van der Waals surface area contributed by atoms with Crippen molar-refractivity contribution in [1.82, 2.24) is 4.57 Å². The Morgan fingerprint density at radius 3 is 2.55 bits per heavy atom. The van der Waals surface area contributed by atoms with Gasteiger partial charge in [-0.3, -0.25) is 14.2 Å². The summed E-state index contributed by atoms with van der Waals surface area (Å²) in [6.07, 6.45) is 0. The summed E-state index contributed by atoms with van der Waals surface area (Å²) >= 11 is 4.70. The van der Waals surface area contributed by atoms with Gasteiger partial charge in [-0.2, -0.15) is 0 Å². The number of thiazole rings is 1. The molecule has 5 nitrogen and oxygen atoms in total. The van der Waals surface area contributed by atoms with E-state index in [0.29, 0.717) is 11.4 Å². The van der Waals surface area contributed by atoms with Crippen molar-refractivity contribution in [3.8, 4) is 5.75 Å². The van der Waals surface area contributed by atoms with Gasteiger partial charge in [0.2, 0.25) is 0 Å². The predicted octanol–water partition coefficient (Wildman–Crippen LogP) is 5.72. The fraction of sp³-hybridized carbons (Fsp3) is 0.364. The zero-order valence-corrected chi connectivity index (χ0v) is 19.6. The Balaban J connectivity index is 1.68. The molecule has 0 fully saturated rings. The van der Waals surface area contributed by atoms with Gasteiger partial charge in [0.15, 0.2) is 6.61 Å². The second-order valence-electron chi connectivity index (χ2n) is 8.25. The lowest BCUT2D eigenvalue weighted by molar-refractivity contribution is -0.118. The van der Waals surface area contributed by atoms with Gasteiger partial charge in [0, 0.05) is 11.7 Å².